The summed E-state index contributed by atoms with van der Waals surface area (Å²) < 4.78 is 47.1. The van der Waals surface area contributed by atoms with E-state index in [-0.39, 0.29) is 12.0 Å². The van der Waals surface area contributed by atoms with E-state index in [9.17, 15) is 8.42 Å². The van der Waals surface area contributed by atoms with Crippen LogP contribution in [0.15, 0.2) is 30.6 Å². The van der Waals surface area contributed by atoms with E-state index in [0.717, 1.165) is 0 Å². The molecule has 0 bridgehead atoms. The number of ether oxygens (including phenoxy) is 3. The summed E-state index contributed by atoms with van der Waals surface area (Å²) >= 11 is 0. The van der Waals surface area contributed by atoms with Crippen LogP contribution < -0.4 is 14.2 Å². The zero-order valence-electron chi connectivity index (χ0n) is 20.1. The van der Waals surface area contributed by atoms with Crippen LogP contribution in [0.1, 0.15) is 44.5 Å². The van der Waals surface area contributed by atoms with Crippen molar-refractivity contribution in [1.29, 1.82) is 0 Å². The average molecular weight is 504 g/mol. The van der Waals surface area contributed by atoms with Crippen LogP contribution in [0, 0.1) is 0 Å². The highest BCUT2D eigenvalue weighted by Crippen LogP contribution is 2.32. The maximum atomic E-state index is 13.4. The second kappa shape index (κ2) is 10.5. The molecule has 1 aliphatic rings. The van der Waals surface area contributed by atoms with Crippen LogP contribution in [0.25, 0.3) is 11.5 Å². The van der Waals surface area contributed by atoms with Gasteiger partial charge in [-0.2, -0.15) is 0 Å². The Kier molecular flexibility index (Phi) is 7.45. The Bertz CT molecular complexity index is 1240. The van der Waals surface area contributed by atoms with E-state index in [0.29, 0.717) is 55.0 Å². The van der Waals surface area contributed by atoms with Crippen LogP contribution >= 0.6 is 0 Å². The van der Waals surface area contributed by atoms with E-state index in [1.165, 1.54) is 26.6 Å². The lowest BCUT2D eigenvalue weighted by Crippen LogP contribution is -2.32. The fourth-order valence-corrected chi connectivity index (χ4v) is 5.08. The molecule has 1 saturated heterocycles. The third-order valence-corrected chi connectivity index (χ3v) is 7.99. The Morgan fingerprint density at radius 2 is 1.80 bits per heavy atom. The summed E-state index contributed by atoms with van der Waals surface area (Å²) in [6.45, 7) is 4.49. The van der Waals surface area contributed by atoms with Gasteiger partial charge in [-0.15, -0.1) is 10.2 Å². The van der Waals surface area contributed by atoms with E-state index in [2.05, 4.69) is 29.9 Å². The Hall–Kier alpha value is -3.32. The number of nitrogens with zero attached hydrogens (tertiary/aromatic N) is 6. The predicted molar refractivity (Wildman–Crippen MR) is 128 cm³/mol. The number of anilines is 1. The van der Waals surface area contributed by atoms with E-state index in [1.807, 2.05) is 0 Å². The van der Waals surface area contributed by atoms with Crippen molar-refractivity contribution in [3.63, 3.8) is 0 Å². The van der Waals surface area contributed by atoms with Gasteiger partial charge in [0.2, 0.25) is 21.9 Å². The summed E-state index contributed by atoms with van der Waals surface area (Å²) in [5, 5.41) is 7.64. The molecule has 3 aromatic heterocycles. The molecule has 35 heavy (non-hydrogen) atoms. The molecule has 2 atom stereocenters. The first-order chi connectivity index (χ1) is 16.8. The first kappa shape index (κ1) is 24.8. The molecule has 13 heteroatoms. The zero-order chi connectivity index (χ0) is 25.0. The summed E-state index contributed by atoms with van der Waals surface area (Å²) in [5.41, 5.74) is 0.529. The SMILES string of the molecule is COc1cnc([C@@H](C)[C@H](C)S(=O)(=O)Nc2nnc(-c3cccc(OC)n3)n2C2CCOCC2)nc1. The van der Waals surface area contributed by atoms with Gasteiger partial charge in [0.1, 0.15) is 11.5 Å². The number of nitrogens with one attached hydrogen (secondary N) is 1. The predicted octanol–water partition coefficient (Wildman–Crippen LogP) is 2.43. The minimum atomic E-state index is -3.88. The number of methoxy groups -OCH3 is 2. The van der Waals surface area contributed by atoms with Gasteiger partial charge < -0.3 is 14.2 Å². The topological polar surface area (TPSA) is 143 Å². The summed E-state index contributed by atoms with van der Waals surface area (Å²) in [4.78, 5) is 13.0. The van der Waals surface area contributed by atoms with Gasteiger partial charge in [0, 0.05) is 31.2 Å². The Morgan fingerprint density at radius 3 is 2.46 bits per heavy atom. The number of rotatable bonds is 9. The number of sulfonamides is 1. The van der Waals surface area contributed by atoms with Crippen molar-refractivity contribution >= 4 is 16.0 Å². The largest absolute Gasteiger partial charge is 0.494 e. The van der Waals surface area contributed by atoms with E-state index in [4.69, 9.17) is 14.2 Å². The monoisotopic (exact) mass is 503 g/mol. The Balaban J connectivity index is 1.65. The van der Waals surface area contributed by atoms with Crippen molar-refractivity contribution in [1.82, 2.24) is 29.7 Å². The molecule has 3 aromatic rings. The molecular formula is C22H29N7O5S. The molecule has 0 unspecified atom stereocenters. The summed E-state index contributed by atoms with van der Waals surface area (Å²) in [6, 6.07) is 5.25. The lowest BCUT2D eigenvalue weighted by Gasteiger charge is -2.26. The fourth-order valence-electron chi connectivity index (χ4n) is 3.84. The first-order valence-corrected chi connectivity index (χ1v) is 12.8. The van der Waals surface area contributed by atoms with Gasteiger partial charge in [0.05, 0.1) is 31.9 Å². The van der Waals surface area contributed by atoms with Crippen molar-refractivity contribution < 1.29 is 22.6 Å². The van der Waals surface area contributed by atoms with E-state index in [1.54, 1.807) is 36.6 Å². The number of hydrogen-bond donors (Lipinski definition) is 1. The lowest BCUT2D eigenvalue weighted by molar-refractivity contribution is 0.0704. The van der Waals surface area contributed by atoms with Crippen molar-refractivity contribution in [3.8, 4) is 23.1 Å². The smallest absolute Gasteiger partial charge is 0.238 e. The molecule has 0 amide bonds. The molecular weight excluding hydrogens is 474 g/mol. The minimum absolute atomic E-state index is 0.0582. The highest BCUT2D eigenvalue weighted by Gasteiger charge is 2.33. The Morgan fingerprint density at radius 1 is 1.09 bits per heavy atom. The third kappa shape index (κ3) is 5.35. The molecule has 4 heterocycles. The normalized spacial score (nSPS) is 16.5. The molecule has 0 aromatic carbocycles. The van der Waals surface area contributed by atoms with Crippen molar-refractivity contribution in [2.75, 3.05) is 32.2 Å². The second-order valence-electron chi connectivity index (χ2n) is 8.25. The average Bonchev–Trinajstić information content (AvgIpc) is 3.31. The van der Waals surface area contributed by atoms with Crippen molar-refractivity contribution in [3.05, 3.63) is 36.4 Å². The van der Waals surface area contributed by atoms with Gasteiger partial charge in [0.15, 0.2) is 11.6 Å². The molecule has 1 N–H and O–H groups in total. The van der Waals surface area contributed by atoms with Crippen LogP contribution in [0.2, 0.25) is 0 Å². The van der Waals surface area contributed by atoms with Crippen molar-refractivity contribution in [2.24, 2.45) is 0 Å². The molecule has 4 rings (SSSR count). The van der Waals surface area contributed by atoms with Gasteiger partial charge in [0.25, 0.3) is 0 Å². The second-order valence-corrected chi connectivity index (χ2v) is 10.3. The number of pyridine rings is 1. The molecule has 1 fully saturated rings. The van der Waals surface area contributed by atoms with E-state index < -0.39 is 21.2 Å². The van der Waals surface area contributed by atoms with Gasteiger partial charge in [-0.3, -0.25) is 9.29 Å². The summed E-state index contributed by atoms with van der Waals surface area (Å²) in [7, 11) is -0.832. The fraction of sp³-hybridized carbons (Fsp3) is 0.500. The van der Waals surface area contributed by atoms with Crippen LogP contribution in [-0.2, 0) is 14.8 Å². The van der Waals surface area contributed by atoms with Crippen LogP contribution in [-0.4, -0.2) is 70.8 Å². The maximum absolute atomic E-state index is 13.4. The van der Waals surface area contributed by atoms with Gasteiger partial charge in [-0.25, -0.2) is 23.4 Å². The van der Waals surface area contributed by atoms with Crippen LogP contribution in [0.3, 0.4) is 0 Å². The van der Waals surface area contributed by atoms with Gasteiger partial charge in [-0.05, 0) is 25.8 Å². The number of aromatic nitrogens is 6. The van der Waals surface area contributed by atoms with Crippen LogP contribution in [0.5, 0.6) is 11.6 Å². The molecule has 0 radical (unpaired) electrons. The van der Waals surface area contributed by atoms with E-state index >= 15 is 0 Å². The number of hydrogen-bond acceptors (Lipinski definition) is 10. The quantitative estimate of drug-likeness (QED) is 0.462. The lowest BCUT2D eigenvalue weighted by atomic mass is 10.1. The third-order valence-electron chi connectivity index (χ3n) is 6.13. The molecule has 188 valence electrons. The van der Waals surface area contributed by atoms with Crippen LogP contribution in [0.4, 0.5) is 5.95 Å². The zero-order valence-corrected chi connectivity index (χ0v) is 20.9. The molecule has 0 spiro atoms. The molecule has 1 aliphatic heterocycles. The first-order valence-electron chi connectivity index (χ1n) is 11.3. The summed E-state index contributed by atoms with van der Waals surface area (Å²) in [6.07, 6.45) is 4.41. The standard InChI is InChI=1S/C22H29N7O5S/c1-14(20-23-12-17(32-3)13-24-20)15(2)35(30,31)28-22-27-26-21(18-6-5-7-19(25-18)33-4)29(22)16-8-10-34-11-9-16/h5-7,12-16H,8-11H2,1-4H3,(H,27,28)/t14-,15-/m0/s1. The molecule has 0 aliphatic carbocycles. The highest BCUT2D eigenvalue weighted by atomic mass is 32.2. The van der Waals surface area contributed by atoms with Gasteiger partial charge in [-0.1, -0.05) is 13.0 Å². The maximum Gasteiger partial charge on any atom is 0.238 e. The Labute approximate surface area is 204 Å². The highest BCUT2D eigenvalue weighted by molar-refractivity contribution is 7.93. The molecule has 12 nitrogen and oxygen atoms in total. The molecule has 0 saturated carbocycles. The van der Waals surface area contributed by atoms with Gasteiger partial charge >= 0.3 is 0 Å². The van der Waals surface area contributed by atoms with Crippen molar-refractivity contribution in [2.45, 2.75) is 43.9 Å². The summed E-state index contributed by atoms with van der Waals surface area (Å²) in [5.74, 6) is 1.41. The minimum Gasteiger partial charge on any atom is -0.494 e.